The number of carboxylic acids is 1. The number of nitrogens with zero attached hydrogens (tertiary/aromatic N) is 3. The molecule has 3 heterocycles. The zero-order chi connectivity index (χ0) is 23.5. The Kier molecular flexibility index (Phi) is 6.81. The number of urea groups is 1. The maximum absolute atomic E-state index is 12.4. The molecule has 172 valence electrons. The van der Waals surface area contributed by atoms with Crippen LogP contribution in [0.15, 0.2) is 24.3 Å². The first-order valence-corrected chi connectivity index (χ1v) is 10.2. The van der Waals surface area contributed by atoms with E-state index in [2.05, 4.69) is 26.6 Å². The minimum atomic E-state index is -5.08. The smallest absolute Gasteiger partial charge is 0.475 e. The summed E-state index contributed by atoms with van der Waals surface area (Å²) in [4.78, 5) is 52.5. The lowest BCUT2D eigenvalue weighted by Gasteiger charge is -2.34. The Bertz CT molecular complexity index is 1000. The van der Waals surface area contributed by atoms with Crippen molar-refractivity contribution >= 4 is 50.5 Å². The molecule has 3 N–H and O–H groups in total. The van der Waals surface area contributed by atoms with Crippen molar-refractivity contribution in [2.75, 3.05) is 31.1 Å². The van der Waals surface area contributed by atoms with Crippen LogP contribution in [-0.4, -0.2) is 77.2 Å². The molecule has 0 saturated carbocycles. The van der Waals surface area contributed by atoms with Gasteiger partial charge in [-0.05, 0) is 12.1 Å². The average Bonchev–Trinajstić information content (AvgIpc) is 3.30. The van der Waals surface area contributed by atoms with Crippen molar-refractivity contribution in [3.05, 3.63) is 24.3 Å². The molecular weight excluding hydrogens is 455 g/mol. The molecule has 1 aromatic heterocycles. The number of piperazine rings is 1. The summed E-state index contributed by atoms with van der Waals surface area (Å²) in [6.07, 6.45) is -5.08. The molecule has 1 aromatic carbocycles. The van der Waals surface area contributed by atoms with Crippen molar-refractivity contribution in [3.8, 4) is 0 Å². The van der Waals surface area contributed by atoms with Crippen molar-refractivity contribution in [2.45, 2.75) is 18.6 Å². The maximum atomic E-state index is 12.4. The predicted octanol–water partition coefficient (Wildman–Crippen LogP) is 1.18. The van der Waals surface area contributed by atoms with E-state index in [1.807, 2.05) is 18.2 Å². The van der Waals surface area contributed by atoms with Gasteiger partial charge < -0.3 is 20.2 Å². The molecule has 2 aliphatic heterocycles. The van der Waals surface area contributed by atoms with Crippen LogP contribution in [0, 0.1) is 0 Å². The van der Waals surface area contributed by atoms with Crippen molar-refractivity contribution < 1.29 is 37.5 Å². The van der Waals surface area contributed by atoms with E-state index < -0.39 is 30.1 Å². The average molecular weight is 473 g/mol. The highest BCUT2D eigenvalue weighted by atomic mass is 32.1. The number of benzene rings is 1. The molecule has 2 aromatic rings. The van der Waals surface area contributed by atoms with Crippen LogP contribution in [0.1, 0.15) is 6.42 Å². The van der Waals surface area contributed by atoms with Crippen LogP contribution in [0.25, 0.3) is 10.2 Å². The van der Waals surface area contributed by atoms with Gasteiger partial charge >= 0.3 is 18.2 Å². The standard InChI is InChI=1S/C16H17N5O3S.C2HF3O2/c22-13(9-11-14(23)19-15(24)17-11)20-5-7-21(8-6-20)16-18-10-3-1-2-4-12(10)25-16;3-2(4,5)1(6)7/h1-4,11H,5-9H2,(H2,17,19,23,24);(H,6,7). The van der Waals surface area contributed by atoms with E-state index >= 15 is 0 Å². The molecule has 4 rings (SSSR count). The molecule has 1 unspecified atom stereocenters. The van der Waals surface area contributed by atoms with Crippen LogP contribution in [0.4, 0.5) is 23.1 Å². The zero-order valence-electron chi connectivity index (χ0n) is 16.4. The minimum Gasteiger partial charge on any atom is -0.475 e. The molecule has 10 nitrogen and oxygen atoms in total. The number of fused-ring (bicyclic) bond motifs is 1. The van der Waals surface area contributed by atoms with E-state index in [-0.39, 0.29) is 12.3 Å². The van der Waals surface area contributed by atoms with E-state index in [1.165, 1.54) is 0 Å². The molecule has 0 bridgehead atoms. The van der Waals surface area contributed by atoms with E-state index in [9.17, 15) is 27.6 Å². The number of halogens is 3. The van der Waals surface area contributed by atoms with Gasteiger partial charge in [0, 0.05) is 26.2 Å². The van der Waals surface area contributed by atoms with Crippen LogP contribution < -0.4 is 15.5 Å². The Balaban J connectivity index is 0.000000360. The summed E-state index contributed by atoms with van der Waals surface area (Å²) in [6, 6.07) is 6.72. The summed E-state index contributed by atoms with van der Waals surface area (Å²) < 4.78 is 32.9. The van der Waals surface area contributed by atoms with Crippen LogP contribution >= 0.6 is 11.3 Å². The third kappa shape index (κ3) is 5.63. The molecule has 0 spiro atoms. The van der Waals surface area contributed by atoms with E-state index in [0.29, 0.717) is 26.2 Å². The number of hydrogen-bond acceptors (Lipinski definition) is 7. The number of carbonyl (C=O) groups is 4. The number of imide groups is 1. The maximum Gasteiger partial charge on any atom is 0.490 e. The lowest BCUT2D eigenvalue weighted by molar-refractivity contribution is -0.192. The van der Waals surface area contributed by atoms with Crippen molar-refractivity contribution in [2.24, 2.45) is 0 Å². The minimum absolute atomic E-state index is 0.00128. The number of anilines is 1. The van der Waals surface area contributed by atoms with E-state index in [4.69, 9.17) is 9.90 Å². The fourth-order valence-electron chi connectivity index (χ4n) is 3.05. The summed E-state index contributed by atoms with van der Waals surface area (Å²) in [5.41, 5.74) is 0.990. The van der Waals surface area contributed by atoms with E-state index in [1.54, 1.807) is 16.2 Å². The number of aromatic nitrogens is 1. The number of amides is 4. The van der Waals surface area contributed by atoms with E-state index in [0.717, 1.165) is 15.3 Å². The number of carbonyl (C=O) groups excluding carboxylic acids is 3. The first-order valence-electron chi connectivity index (χ1n) is 9.34. The van der Waals surface area contributed by atoms with Crippen LogP contribution in [0.5, 0.6) is 0 Å². The Hall–Kier alpha value is -3.42. The Morgan fingerprint density at radius 2 is 1.78 bits per heavy atom. The highest BCUT2D eigenvalue weighted by Crippen LogP contribution is 2.29. The van der Waals surface area contributed by atoms with Crippen LogP contribution in [-0.2, 0) is 14.4 Å². The van der Waals surface area contributed by atoms with Gasteiger partial charge in [-0.25, -0.2) is 14.6 Å². The molecule has 2 aliphatic rings. The first kappa shape index (κ1) is 23.2. The van der Waals surface area contributed by atoms with Gasteiger partial charge in [-0.1, -0.05) is 23.5 Å². The molecule has 2 saturated heterocycles. The van der Waals surface area contributed by atoms with Crippen molar-refractivity contribution in [3.63, 3.8) is 0 Å². The van der Waals surface area contributed by atoms with Crippen molar-refractivity contribution in [1.29, 1.82) is 0 Å². The second-order valence-corrected chi connectivity index (χ2v) is 7.86. The highest BCUT2D eigenvalue weighted by Gasteiger charge is 2.38. The Morgan fingerprint density at radius 3 is 2.31 bits per heavy atom. The number of thiazole rings is 1. The number of alkyl halides is 3. The predicted molar refractivity (Wildman–Crippen MR) is 107 cm³/mol. The molecule has 14 heteroatoms. The third-order valence-electron chi connectivity index (χ3n) is 4.67. The lowest BCUT2D eigenvalue weighted by atomic mass is 10.2. The van der Waals surface area contributed by atoms with Gasteiger partial charge in [0.25, 0.3) is 5.91 Å². The Labute approximate surface area is 183 Å². The van der Waals surface area contributed by atoms with Crippen LogP contribution in [0.2, 0.25) is 0 Å². The van der Waals surface area contributed by atoms with Gasteiger partial charge in [0.15, 0.2) is 5.13 Å². The van der Waals surface area contributed by atoms with Gasteiger partial charge in [-0.2, -0.15) is 13.2 Å². The van der Waals surface area contributed by atoms with Gasteiger partial charge in [0.1, 0.15) is 6.04 Å². The van der Waals surface area contributed by atoms with Crippen LogP contribution in [0.3, 0.4) is 0 Å². The number of aliphatic carboxylic acids is 1. The summed E-state index contributed by atoms with van der Waals surface area (Å²) >= 11 is 1.65. The summed E-state index contributed by atoms with van der Waals surface area (Å²) in [6.45, 7) is 2.57. The van der Waals surface area contributed by atoms with Gasteiger partial charge in [-0.3, -0.25) is 14.9 Å². The fourth-order valence-corrected chi connectivity index (χ4v) is 4.07. The SMILES string of the molecule is O=C(O)C(F)(F)F.O=C1NC(=O)C(CC(=O)N2CCN(c3nc4ccccc4s3)CC2)N1. The summed E-state index contributed by atoms with van der Waals surface area (Å²) in [7, 11) is 0. The topological polar surface area (TPSA) is 132 Å². The first-order chi connectivity index (χ1) is 15.0. The fraction of sp³-hybridized carbons (Fsp3) is 0.389. The third-order valence-corrected chi connectivity index (χ3v) is 5.76. The van der Waals surface area contributed by atoms with Gasteiger partial charge in [0.05, 0.1) is 16.6 Å². The molecule has 2 fully saturated rings. The lowest BCUT2D eigenvalue weighted by Crippen LogP contribution is -2.50. The molecule has 0 aliphatic carbocycles. The summed E-state index contributed by atoms with van der Waals surface area (Å²) in [5.74, 6) is -3.31. The molecule has 1 atom stereocenters. The van der Waals surface area contributed by atoms with Crippen molar-refractivity contribution in [1.82, 2.24) is 20.5 Å². The summed E-state index contributed by atoms with van der Waals surface area (Å²) in [5, 5.41) is 12.7. The number of rotatable bonds is 3. The number of nitrogens with one attached hydrogen (secondary N) is 2. The molecule has 0 radical (unpaired) electrons. The number of hydrogen-bond donors (Lipinski definition) is 3. The van der Waals surface area contributed by atoms with Gasteiger partial charge in [0.2, 0.25) is 5.91 Å². The molecule has 4 amide bonds. The second-order valence-electron chi connectivity index (χ2n) is 6.85. The molecular formula is C18H18F3N5O5S. The monoisotopic (exact) mass is 473 g/mol. The molecule has 32 heavy (non-hydrogen) atoms. The second kappa shape index (κ2) is 9.38. The largest absolute Gasteiger partial charge is 0.490 e. The van der Waals surface area contributed by atoms with Gasteiger partial charge in [-0.15, -0.1) is 0 Å². The number of carboxylic acid groups (broad SMARTS) is 1. The quantitative estimate of drug-likeness (QED) is 0.571. The zero-order valence-corrected chi connectivity index (χ0v) is 17.2. The Morgan fingerprint density at radius 1 is 1.16 bits per heavy atom. The normalized spacial score (nSPS) is 18.7. The highest BCUT2D eigenvalue weighted by molar-refractivity contribution is 7.22. The number of para-hydroxylation sites is 1.